The van der Waals surface area contributed by atoms with Crippen LogP contribution in [0.1, 0.15) is 36.7 Å². The molecule has 2 rings (SSSR count). The minimum absolute atomic E-state index is 0.151. The van der Waals surface area contributed by atoms with Crippen molar-refractivity contribution in [3.05, 3.63) is 62.4 Å². The summed E-state index contributed by atoms with van der Waals surface area (Å²) in [5, 5.41) is 3.87. The molecule has 0 bridgehead atoms. The Kier molecular flexibility index (Phi) is 6.11. The van der Waals surface area contributed by atoms with Gasteiger partial charge in [-0.15, -0.1) is 0 Å². The Morgan fingerprint density at radius 2 is 1.92 bits per heavy atom. The maximum absolute atomic E-state index is 12.5. The number of hydrogen-bond acceptors (Lipinski definition) is 6. The summed E-state index contributed by atoms with van der Waals surface area (Å²) in [6.07, 6.45) is 1.15. The van der Waals surface area contributed by atoms with Gasteiger partial charge in [-0.2, -0.15) is 0 Å². The zero-order valence-electron chi connectivity index (χ0n) is 15.1. The van der Waals surface area contributed by atoms with E-state index in [0.717, 1.165) is 4.57 Å². The van der Waals surface area contributed by atoms with E-state index in [1.807, 2.05) is 0 Å². The maximum atomic E-state index is 12.5. The Labute approximate surface area is 150 Å². The Morgan fingerprint density at radius 3 is 2.58 bits per heavy atom. The monoisotopic (exact) mass is 359 g/mol. The quantitative estimate of drug-likeness (QED) is 0.459. The van der Waals surface area contributed by atoms with E-state index >= 15 is 0 Å². The highest BCUT2D eigenvalue weighted by molar-refractivity contribution is 5.99. The summed E-state index contributed by atoms with van der Waals surface area (Å²) in [5.41, 5.74) is -0.469. The minimum Gasteiger partial charge on any atom is -0.496 e. The SMILES string of the molecule is COc1ccccc1C(=O)Cn1cc(/C(C)=N/OC(C)C)c(=O)[nH]c1=O. The van der Waals surface area contributed by atoms with Gasteiger partial charge in [-0.25, -0.2) is 4.79 Å². The number of H-pyrrole nitrogens is 1. The largest absolute Gasteiger partial charge is 0.496 e. The number of carbonyl (C=O) groups excluding carboxylic acids is 1. The van der Waals surface area contributed by atoms with E-state index < -0.39 is 11.2 Å². The molecule has 0 aliphatic carbocycles. The molecule has 8 heteroatoms. The number of ketones is 1. The zero-order valence-corrected chi connectivity index (χ0v) is 15.1. The minimum atomic E-state index is -0.681. The normalized spacial score (nSPS) is 11.5. The third-order valence-electron chi connectivity index (χ3n) is 3.52. The van der Waals surface area contributed by atoms with Crippen molar-refractivity contribution in [3.8, 4) is 5.75 Å². The van der Waals surface area contributed by atoms with Crippen LogP contribution in [0.4, 0.5) is 0 Å². The molecule has 0 saturated carbocycles. The highest BCUT2D eigenvalue weighted by atomic mass is 16.6. The second-order valence-electron chi connectivity index (χ2n) is 5.88. The van der Waals surface area contributed by atoms with Crippen LogP contribution in [0.5, 0.6) is 5.75 Å². The van der Waals surface area contributed by atoms with E-state index in [1.165, 1.54) is 13.3 Å². The number of rotatable bonds is 7. The molecule has 0 aliphatic heterocycles. The topological polar surface area (TPSA) is 103 Å². The van der Waals surface area contributed by atoms with Gasteiger partial charge in [0.1, 0.15) is 11.9 Å². The summed E-state index contributed by atoms with van der Waals surface area (Å²) in [7, 11) is 1.46. The highest BCUT2D eigenvalue weighted by Gasteiger charge is 2.15. The van der Waals surface area contributed by atoms with Crippen LogP contribution in [0, 0.1) is 0 Å². The molecule has 8 nitrogen and oxygen atoms in total. The average molecular weight is 359 g/mol. The lowest BCUT2D eigenvalue weighted by Gasteiger charge is -2.10. The summed E-state index contributed by atoms with van der Waals surface area (Å²) in [6.45, 7) is 4.94. The van der Waals surface area contributed by atoms with Crippen LogP contribution in [-0.2, 0) is 11.4 Å². The second kappa shape index (κ2) is 8.28. The van der Waals surface area contributed by atoms with Gasteiger partial charge in [-0.1, -0.05) is 17.3 Å². The summed E-state index contributed by atoms with van der Waals surface area (Å²) in [5.74, 6) is 0.0915. The van der Waals surface area contributed by atoms with Crippen molar-refractivity contribution in [2.75, 3.05) is 7.11 Å². The number of para-hydroxylation sites is 1. The number of nitrogens with one attached hydrogen (secondary N) is 1. The third kappa shape index (κ3) is 4.47. The van der Waals surface area contributed by atoms with Gasteiger partial charge in [0.2, 0.25) is 0 Å². The second-order valence-corrected chi connectivity index (χ2v) is 5.88. The first kappa shape index (κ1) is 19.2. The molecule has 0 amide bonds. The Morgan fingerprint density at radius 1 is 1.23 bits per heavy atom. The lowest BCUT2D eigenvalue weighted by Crippen LogP contribution is -2.34. The van der Waals surface area contributed by atoms with Crippen molar-refractivity contribution in [1.29, 1.82) is 0 Å². The van der Waals surface area contributed by atoms with E-state index in [-0.39, 0.29) is 24.0 Å². The first-order chi connectivity index (χ1) is 12.3. The van der Waals surface area contributed by atoms with E-state index in [1.54, 1.807) is 45.0 Å². The van der Waals surface area contributed by atoms with Gasteiger partial charge in [0, 0.05) is 6.20 Å². The summed E-state index contributed by atoms with van der Waals surface area (Å²) in [4.78, 5) is 43.9. The first-order valence-corrected chi connectivity index (χ1v) is 8.04. The summed E-state index contributed by atoms with van der Waals surface area (Å²) < 4.78 is 6.29. The maximum Gasteiger partial charge on any atom is 0.328 e. The van der Waals surface area contributed by atoms with Crippen molar-refractivity contribution < 1.29 is 14.4 Å². The van der Waals surface area contributed by atoms with Crippen molar-refractivity contribution >= 4 is 11.5 Å². The summed E-state index contributed by atoms with van der Waals surface area (Å²) >= 11 is 0. The predicted octanol–water partition coefficient (Wildman–Crippen LogP) is 1.58. The fraction of sp³-hybridized carbons (Fsp3) is 0.333. The van der Waals surface area contributed by atoms with Crippen molar-refractivity contribution in [2.24, 2.45) is 5.16 Å². The number of methoxy groups -OCH3 is 1. The molecule has 0 atom stereocenters. The molecule has 0 unspecified atom stereocenters. The number of benzene rings is 1. The molecule has 26 heavy (non-hydrogen) atoms. The Hall–Kier alpha value is -3.16. The number of nitrogens with zero attached hydrogens (tertiary/aromatic N) is 2. The van der Waals surface area contributed by atoms with Gasteiger partial charge < -0.3 is 9.57 Å². The number of hydrogen-bond donors (Lipinski definition) is 1. The molecule has 0 fully saturated rings. The molecule has 138 valence electrons. The van der Waals surface area contributed by atoms with Crippen LogP contribution in [0.2, 0.25) is 0 Å². The fourth-order valence-electron chi connectivity index (χ4n) is 2.23. The van der Waals surface area contributed by atoms with E-state index in [4.69, 9.17) is 9.57 Å². The van der Waals surface area contributed by atoms with Gasteiger partial charge >= 0.3 is 5.69 Å². The van der Waals surface area contributed by atoms with Crippen molar-refractivity contribution in [2.45, 2.75) is 33.4 Å². The van der Waals surface area contributed by atoms with Gasteiger partial charge in [0.25, 0.3) is 5.56 Å². The van der Waals surface area contributed by atoms with Gasteiger partial charge in [-0.05, 0) is 32.9 Å². The number of Topliss-reactive ketones (excluding diaryl/α,β-unsaturated/α-hetero) is 1. The van der Waals surface area contributed by atoms with Gasteiger partial charge in [0.15, 0.2) is 5.78 Å². The molecular formula is C18H21N3O5. The van der Waals surface area contributed by atoms with Crippen LogP contribution in [0.25, 0.3) is 0 Å². The smallest absolute Gasteiger partial charge is 0.328 e. The molecule has 1 heterocycles. The Balaban J connectivity index is 2.37. The standard InChI is InChI=1S/C18H21N3O5/c1-11(2)26-20-12(3)14-9-21(18(24)19-17(14)23)10-15(22)13-7-5-6-8-16(13)25-4/h5-9,11H,10H2,1-4H3,(H,19,23,24)/b20-12+. The fourth-order valence-corrected chi connectivity index (χ4v) is 2.23. The average Bonchev–Trinajstić information content (AvgIpc) is 2.61. The number of aromatic nitrogens is 2. The van der Waals surface area contributed by atoms with Crippen LogP contribution in [-0.4, -0.2) is 34.3 Å². The number of carbonyl (C=O) groups is 1. The van der Waals surface area contributed by atoms with E-state index in [0.29, 0.717) is 17.0 Å². The molecule has 0 radical (unpaired) electrons. The lowest BCUT2D eigenvalue weighted by molar-refractivity contribution is 0.0860. The number of ether oxygens (including phenoxy) is 1. The predicted molar refractivity (Wildman–Crippen MR) is 97.1 cm³/mol. The van der Waals surface area contributed by atoms with E-state index in [9.17, 15) is 14.4 Å². The third-order valence-corrected chi connectivity index (χ3v) is 3.52. The van der Waals surface area contributed by atoms with Crippen molar-refractivity contribution in [1.82, 2.24) is 9.55 Å². The molecular weight excluding hydrogens is 338 g/mol. The van der Waals surface area contributed by atoms with E-state index in [2.05, 4.69) is 10.1 Å². The molecule has 1 aromatic carbocycles. The molecule has 0 aliphatic rings. The lowest BCUT2D eigenvalue weighted by atomic mass is 10.1. The van der Waals surface area contributed by atoms with Crippen molar-refractivity contribution in [3.63, 3.8) is 0 Å². The highest BCUT2D eigenvalue weighted by Crippen LogP contribution is 2.18. The number of aromatic amines is 1. The van der Waals surface area contributed by atoms with Gasteiger partial charge in [0.05, 0.1) is 30.5 Å². The molecule has 2 aromatic rings. The molecule has 0 spiro atoms. The van der Waals surface area contributed by atoms with Crippen LogP contribution >= 0.6 is 0 Å². The van der Waals surface area contributed by atoms with Crippen LogP contribution < -0.4 is 16.0 Å². The zero-order chi connectivity index (χ0) is 19.3. The summed E-state index contributed by atoms with van der Waals surface area (Å²) in [6, 6.07) is 6.72. The molecule has 1 N–H and O–H groups in total. The van der Waals surface area contributed by atoms with Crippen LogP contribution in [0.3, 0.4) is 0 Å². The number of oxime groups is 1. The van der Waals surface area contributed by atoms with Gasteiger partial charge in [-0.3, -0.25) is 19.1 Å². The first-order valence-electron chi connectivity index (χ1n) is 8.04. The van der Waals surface area contributed by atoms with Crippen LogP contribution in [0.15, 0.2) is 45.2 Å². The molecule has 1 aromatic heterocycles. The Bertz CT molecular complexity index is 940. The molecule has 0 saturated heterocycles.